The summed E-state index contributed by atoms with van der Waals surface area (Å²) in [5.74, 6) is 1.50. The summed E-state index contributed by atoms with van der Waals surface area (Å²) in [6.45, 7) is 6.81. The zero-order valence-electron chi connectivity index (χ0n) is 17.8. The van der Waals surface area contributed by atoms with E-state index in [1.165, 1.54) is 5.56 Å². The van der Waals surface area contributed by atoms with Gasteiger partial charge in [-0.15, -0.1) is 0 Å². The molecule has 0 saturated carbocycles. The van der Waals surface area contributed by atoms with Crippen LogP contribution in [0.4, 0.5) is 0 Å². The molecule has 3 aromatic rings. The lowest BCUT2D eigenvalue weighted by Gasteiger charge is -2.32. The van der Waals surface area contributed by atoms with Crippen molar-refractivity contribution in [2.75, 3.05) is 20.3 Å². The lowest BCUT2D eigenvalue weighted by molar-refractivity contribution is 0.0447. The van der Waals surface area contributed by atoms with Gasteiger partial charge in [0.15, 0.2) is 0 Å². The Kier molecular flexibility index (Phi) is 5.63. The van der Waals surface area contributed by atoms with E-state index in [4.69, 9.17) is 18.2 Å². The SMILES string of the molecule is COc1ccc(-c2cc(P3(=O)OCC(C)(C)CO3)oc2Cc2ccc(C)cc2)cc1. The molecule has 2 aromatic carbocycles. The van der Waals surface area contributed by atoms with E-state index in [2.05, 4.69) is 31.2 Å². The number of rotatable bonds is 5. The van der Waals surface area contributed by atoms with Crippen molar-refractivity contribution in [2.45, 2.75) is 27.2 Å². The normalized spacial score (nSPS) is 17.6. The quantitative estimate of drug-likeness (QED) is 0.487. The molecule has 30 heavy (non-hydrogen) atoms. The summed E-state index contributed by atoms with van der Waals surface area (Å²) in [7, 11) is -1.85. The summed E-state index contributed by atoms with van der Waals surface area (Å²) in [5.41, 5.74) is 4.22. The zero-order valence-corrected chi connectivity index (χ0v) is 18.7. The summed E-state index contributed by atoms with van der Waals surface area (Å²) in [4.78, 5) is 0. The van der Waals surface area contributed by atoms with Gasteiger partial charge < -0.3 is 18.2 Å². The van der Waals surface area contributed by atoms with Crippen LogP contribution >= 0.6 is 7.60 Å². The highest BCUT2D eigenvalue weighted by atomic mass is 31.2. The monoisotopic (exact) mass is 426 g/mol. The van der Waals surface area contributed by atoms with Crippen LogP contribution in [-0.2, 0) is 20.0 Å². The molecular weight excluding hydrogens is 399 g/mol. The Morgan fingerprint density at radius 1 is 1.00 bits per heavy atom. The highest BCUT2D eigenvalue weighted by molar-refractivity contribution is 7.61. The number of benzene rings is 2. The van der Waals surface area contributed by atoms with Crippen LogP contribution in [0.5, 0.6) is 5.75 Å². The van der Waals surface area contributed by atoms with Gasteiger partial charge in [-0.25, -0.2) is 0 Å². The fourth-order valence-electron chi connectivity index (χ4n) is 3.31. The van der Waals surface area contributed by atoms with Gasteiger partial charge in [0, 0.05) is 23.5 Å². The molecule has 158 valence electrons. The molecule has 4 rings (SSSR count). The van der Waals surface area contributed by atoms with Crippen molar-refractivity contribution in [3.05, 3.63) is 71.5 Å². The Balaban J connectivity index is 1.72. The van der Waals surface area contributed by atoms with E-state index < -0.39 is 7.60 Å². The molecule has 0 N–H and O–H groups in total. The summed E-state index contributed by atoms with van der Waals surface area (Å²) in [6, 6.07) is 17.8. The Morgan fingerprint density at radius 2 is 1.63 bits per heavy atom. The van der Waals surface area contributed by atoms with Crippen molar-refractivity contribution in [1.82, 2.24) is 0 Å². The van der Waals surface area contributed by atoms with Crippen LogP contribution in [0.3, 0.4) is 0 Å². The fraction of sp³-hybridized carbons (Fsp3) is 0.333. The van der Waals surface area contributed by atoms with Crippen molar-refractivity contribution >= 4 is 13.1 Å². The molecule has 0 radical (unpaired) electrons. The highest BCUT2D eigenvalue weighted by Crippen LogP contribution is 2.53. The van der Waals surface area contributed by atoms with Crippen molar-refractivity contribution in [3.63, 3.8) is 0 Å². The Morgan fingerprint density at radius 3 is 2.23 bits per heavy atom. The number of furan rings is 1. The molecule has 0 spiro atoms. The average molecular weight is 426 g/mol. The molecule has 2 heterocycles. The maximum Gasteiger partial charge on any atom is 0.396 e. The minimum Gasteiger partial charge on any atom is -0.497 e. The first-order valence-corrected chi connectivity index (χ1v) is 11.5. The van der Waals surface area contributed by atoms with Crippen LogP contribution in [0.15, 0.2) is 59.0 Å². The van der Waals surface area contributed by atoms with Crippen molar-refractivity contribution in [1.29, 1.82) is 0 Å². The van der Waals surface area contributed by atoms with Crippen LogP contribution in [0, 0.1) is 12.3 Å². The van der Waals surface area contributed by atoms with Crippen LogP contribution in [-0.4, -0.2) is 20.3 Å². The van der Waals surface area contributed by atoms with Crippen LogP contribution in [0.25, 0.3) is 11.1 Å². The number of hydrogen-bond acceptors (Lipinski definition) is 5. The first-order valence-electron chi connectivity index (χ1n) is 10.0. The fourth-order valence-corrected chi connectivity index (χ4v) is 5.19. The smallest absolute Gasteiger partial charge is 0.396 e. The molecule has 5 nitrogen and oxygen atoms in total. The third-order valence-corrected chi connectivity index (χ3v) is 6.90. The van der Waals surface area contributed by atoms with E-state index in [1.54, 1.807) is 13.2 Å². The van der Waals surface area contributed by atoms with E-state index in [9.17, 15) is 4.57 Å². The van der Waals surface area contributed by atoms with Crippen molar-refractivity contribution in [3.8, 4) is 16.9 Å². The summed E-state index contributed by atoms with van der Waals surface area (Å²) >= 11 is 0. The molecule has 0 bridgehead atoms. The van der Waals surface area contributed by atoms with Crippen LogP contribution in [0.1, 0.15) is 30.7 Å². The zero-order chi connectivity index (χ0) is 21.4. The van der Waals surface area contributed by atoms with Gasteiger partial charge in [0.05, 0.1) is 20.3 Å². The predicted molar refractivity (Wildman–Crippen MR) is 118 cm³/mol. The average Bonchev–Trinajstić information content (AvgIpc) is 3.17. The lowest BCUT2D eigenvalue weighted by Crippen LogP contribution is -2.31. The van der Waals surface area contributed by atoms with Gasteiger partial charge in [-0.05, 0) is 30.2 Å². The second kappa shape index (κ2) is 8.07. The van der Waals surface area contributed by atoms with Crippen LogP contribution < -0.4 is 10.2 Å². The van der Waals surface area contributed by atoms with Gasteiger partial charge in [0.1, 0.15) is 11.5 Å². The molecule has 1 aromatic heterocycles. The molecule has 0 amide bonds. The maximum atomic E-state index is 13.4. The van der Waals surface area contributed by atoms with E-state index in [-0.39, 0.29) is 10.9 Å². The molecule has 1 aliphatic heterocycles. The minimum absolute atomic E-state index is 0.177. The highest BCUT2D eigenvalue weighted by Gasteiger charge is 2.41. The van der Waals surface area contributed by atoms with Crippen molar-refractivity contribution in [2.24, 2.45) is 5.41 Å². The molecule has 6 heteroatoms. The molecule has 1 fully saturated rings. The molecule has 0 atom stereocenters. The van der Waals surface area contributed by atoms with Crippen LogP contribution in [0.2, 0.25) is 0 Å². The minimum atomic E-state index is -3.49. The predicted octanol–water partition coefficient (Wildman–Crippen LogP) is 5.75. The molecule has 0 unspecified atom stereocenters. The molecular formula is C24H27O5P. The van der Waals surface area contributed by atoms with Gasteiger partial charge in [-0.3, -0.25) is 4.57 Å². The molecule has 1 aliphatic rings. The summed E-state index contributed by atoms with van der Waals surface area (Å²) in [5, 5.41) is 0. The lowest BCUT2D eigenvalue weighted by atomic mass is 9.97. The number of methoxy groups -OCH3 is 1. The maximum absolute atomic E-state index is 13.4. The molecule has 1 saturated heterocycles. The number of ether oxygens (including phenoxy) is 1. The summed E-state index contributed by atoms with van der Waals surface area (Å²) < 4.78 is 36.1. The summed E-state index contributed by atoms with van der Waals surface area (Å²) in [6.07, 6.45) is 0.577. The van der Waals surface area contributed by atoms with E-state index >= 15 is 0 Å². The first kappa shape index (κ1) is 20.9. The second-order valence-electron chi connectivity index (χ2n) is 8.52. The third kappa shape index (κ3) is 4.39. The third-order valence-electron chi connectivity index (χ3n) is 5.20. The largest absolute Gasteiger partial charge is 0.497 e. The van der Waals surface area contributed by atoms with E-state index in [0.717, 1.165) is 28.2 Å². The Hall–Kier alpha value is -2.33. The van der Waals surface area contributed by atoms with Gasteiger partial charge in [0.2, 0.25) is 5.50 Å². The Bertz CT molecular complexity index is 1050. The Labute approximate surface area is 177 Å². The topological polar surface area (TPSA) is 57.9 Å². The molecule has 0 aliphatic carbocycles. The van der Waals surface area contributed by atoms with Gasteiger partial charge >= 0.3 is 7.60 Å². The van der Waals surface area contributed by atoms with E-state index in [0.29, 0.717) is 19.6 Å². The number of aryl methyl sites for hydroxylation is 1. The second-order valence-corrected chi connectivity index (χ2v) is 10.5. The van der Waals surface area contributed by atoms with Gasteiger partial charge in [-0.1, -0.05) is 55.8 Å². The van der Waals surface area contributed by atoms with E-state index in [1.807, 2.05) is 38.1 Å². The van der Waals surface area contributed by atoms with Gasteiger partial charge in [0.25, 0.3) is 0 Å². The standard InChI is InChI=1S/C24H27O5P/c1-17-5-7-18(8-6-17)13-22-21(19-9-11-20(26-4)12-10-19)14-23(29-22)30(25)27-15-24(2,3)16-28-30/h5-12,14H,13,15-16H2,1-4H3. The van der Waals surface area contributed by atoms with Gasteiger partial charge in [-0.2, -0.15) is 0 Å². The number of hydrogen-bond donors (Lipinski definition) is 0. The van der Waals surface area contributed by atoms with Crippen molar-refractivity contribution < 1.29 is 22.8 Å². The first-order chi connectivity index (χ1) is 14.3.